The lowest BCUT2D eigenvalue weighted by molar-refractivity contribution is 0.0560. The van der Waals surface area contributed by atoms with Crippen molar-refractivity contribution in [1.29, 1.82) is 0 Å². The van der Waals surface area contributed by atoms with Crippen LogP contribution < -0.4 is 11.1 Å². The summed E-state index contributed by atoms with van der Waals surface area (Å²) < 4.78 is 0. The number of nitrogens with two attached hydrogens (primary N) is 1. The Morgan fingerprint density at radius 1 is 1.29 bits per heavy atom. The van der Waals surface area contributed by atoms with Gasteiger partial charge in [-0.1, -0.05) is 26.8 Å². The van der Waals surface area contributed by atoms with Crippen LogP contribution >= 0.6 is 0 Å². The first-order chi connectivity index (χ1) is 7.95. The van der Waals surface area contributed by atoms with Crippen molar-refractivity contribution in [3.8, 4) is 0 Å². The zero-order chi connectivity index (χ0) is 12.3. The van der Waals surface area contributed by atoms with Gasteiger partial charge in [0, 0.05) is 17.1 Å². The van der Waals surface area contributed by atoms with E-state index in [1.165, 1.54) is 17.5 Å². The van der Waals surface area contributed by atoms with E-state index < -0.39 is 0 Å². The van der Waals surface area contributed by atoms with E-state index >= 15 is 0 Å². The Kier molecular flexibility index (Phi) is 2.13. The van der Waals surface area contributed by atoms with Gasteiger partial charge in [0.15, 0.2) is 0 Å². The molecule has 1 saturated heterocycles. The van der Waals surface area contributed by atoms with E-state index in [4.69, 9.17) is 5.73 Å². The van der Waals surface area contributed by atoms with Gasteiger partial charge < -0.3 is 11.1 Å². The number of benzene rings is 1. The summed E-state index contributed by atoms with van der Waals surface area (Å²) >= 11 is 0. The van der Waals surface area contributed by atoms with Gasteiger partial charge >= 0.3 is 0 Å². The summed E-state index contributed by atoms with van der Waals surface area (Å²) in [6, 6.07) is 7.06. The van der Waals surface area contributed by atoms with Crippen LogP contribution in [0.4, 0.5) is 5.69 Å². The standard InChI is InChI=1S/C15H22N2/c1-14(2)13-9-10-8-11(16)4-5-12(10)15(14,3)6-7-17-13/h4-5,8,13,17H,6-7,9,16H2,1-3H3. The van der Waals surface area contributed by atoms with Gasteiger partial charge in [-0.2, -0.15) is 0 Å². The highest BCUT2D eigenvalue weighted by atomic mass is 15.0. The fraction of sp³-hybridized carbons (Fsp3) is 0.600. The molecule has 0 aromatic heterocycles. The molecule has 1 aliphatic carbocycles. The third-order valence-electron chi connectivity index (χ3n) is 5.46. The highest BCUT2D eigenvalue weighted by Crippen LogP contribution is 2.53. The van der Waals surface area contributed by atoms with E-state index in [1.807, 2.05) is 0 Å². The Morgan fingerprint density at radius 2 is 2.06 bits per heavy atom. The molecule has 3 N–H and O–H groups in total. The van der Waals surface area contributed by atoms with Gasteiger partial charge in [-0.15, -0.1) is 0 Å². The number of fused-ring (bicyclic) bond motifs is 4. The van der Waals surface area contributed by atoms with E-state index in [0.29, 0.717) is 11.5 Å². The molecule has 3 rings (SSSR count). The van der Waals surface area contributed by atoms with Crippen LogP contribution in [-0.2, 0) is 11.8 Å². The van der Waals surface area contributed by atoms with Crippen LogP contribution in [0.2, 0.25) is 0 Å². The molecule has 2 unspecified atom stereocenters. The zero-order valence-corrected chi connectivity index (χ0v) is 11.0. The molecule has 2 heteroatoms. The van der Waals surface area contributed by atoms with E-state index in [-0.39, 0.29) is 5.41 Å². The molecule has 1 aromatic rings. The molecular formula is C15H22N2. The largest absolute Gasteiger partial charge is 0.399 e. The first-order valence-corrected chi connectivity index (χ1v) is 6.57. The number of nitrogen functional groups attached to an aromatic ring is 1. The first kappa shape index (κ1) is 11.1. The third-order valence-corrected chi connectivity index (χ3v) is 5.46. The molecule has 0 saturated carbocycles. The number of hydrogen-bond acceptors (Lipinski definition) is 2. The van der Waals surface area contributed by atoms with Crippen LogP contribution in [0.5, 0.6) is 0 Å². The number of rotatable bonds is 0. The Hall–Kier alpha value is -1.02. The second kappa shape index (κ2) is 3.26. The molecule has 2 nitrogen and oxygen atoms in total. The highest BCUT2D eigenvalue weighted by molar-refractivity contribution is 5.50. The normalized spacial score (nSPS) is 34.2. The molecule has 0 amide bonds. The smallest absolute Gasteiger partial charge is 0.0316 e. The monoisotopic (exact) mass is 230 g/mol. The number of piperidine rings is 1. The summed E-state index contributed by atoms with van der Waals surface area (Å²) in [6.07, 6.45) is 2.33. The maximum absolute atomic E-state index is 5.92. The second-order valence-electron chi connectivity index (χ2n) is 6.43. The van der Waals surface area contributed by atoms with Gasteiger partial charge in [0.1, 0.15) is 0 Å². The van der Waals surface area contributed by atoms with Crippen LogP contribution in [0, 0.1) is 5.41 Å². The summed E-state index contributed by atoms with van der Waals surface area (Å²) in [5.41, 5.74) is 10.4. The predicted octanol–water partition coefficient (Wildman–Crippen LogP) is 2.47. The van der Waals surface area contributed by atoms with Crippen molar-refractivity contribution < 1.29 is 0 Å². The molecule has 2 aliphatic rings. The SMILES string of the molecule is CC12CCNC(Cc3cc(N)ccc31)C2(C)C. The Labute approximate surface area is 104 Å². The van der Waals surface area contributed by atoms with Crippen molar-refractivity contribution in [3.63, 3.8) is 0 Å². The molecule has 2 bridgehead atoms. The minimum absolute atomic E-state index is 0.282. The van der Waals surface area contributed by atoms with Crippen LogP contribution in [0.1, 0.15) is 38.3 Å². The molecule has 92 valence electrons. The second-order valence-corrected chi connectivity index (χ2v) is 6.43. The van der Waals surface area contributed by atoms with Crippen LogP contribution in [0.25, 0.3) is 0 Å². The van der Waals surface area contributed by atoms with Gasteiger partial charge in [0.25, 0.3) is 0 Å². The topological polar surface area (TPSA) is 38.0 Å². The number of nitrogens with one attached hydrogen (secondary N) is 1. The maximum Gasteiger partial charge on any atom is 0.0316 e. The average Bonchev–Trinajstić information content (AvgIpc) is 2.23. The van der Waals surface area contributed by atoms with E-state index in [1.54, 1.807) is 0 Å². The molecule has 17 heavy (non-hydrogen) atoms. The van der Waals surface area contributed by atoms with Gasteiger partial charge in [-0.3, -0.25) is 0 Å². The highest BCUT2D eigenvalue weighted by Gasteiger charge is 2.53. The van der Waals surface area contributed by atoms with Crippen molar-refractivity contribution in [2.45, 2.75) is 45.1 Å². The fourth-order valence-corrected chi connectivity index (χ4v) is 3.81. The summed E-state index contributed by atoms with van der Waals surface area (Å²) in [5.74, 6) is 0. The molecule has 0 spiro atoms. The average molecular weight is 230 g/mol. The molecule has 1 aliphatic heterocycles. The Balaban J connectivity index is 2.22. The van der Waals surface area contributed by atoms with E-state index in [9.17, 15) is 0 Å². The first-order valence-electron chi connectivity index (χ1n) is 6.57. The Morgan fingerprint density at radius 3 is 2.82 bits per heavy atom. The summed E-state index contributed by atoms with van der Waals surface area (Å²) in [5, 5.41) is 3.69. The zero-order valence-electron chi connectivity index (χ0n) is 11.0. The fourth-order valence-electron chi connectivity index (χ4n) is 3.81. The van der Waals surface area contributed by atoms with E-state index in [2.05, 4.69) is 44.3 Å². The van der Waals surface area contributed by atoms with Crippen molar-refractivity contribution in [2.24, 2.45) is 5.41 Å². The minimum atomic E-state index is 0.282. The molecule has 1 fully saturated rings. The number of hydrogen-bond donors (Lipinski definition) is 2. The van der Waals surface area contributed by atoms with Crippen LogP contribution in [0.3, 0.4) is 0 Å². The molecule has 0 radical (unpaired) electrons. The van der Waals surface area contributed by atoms with Gasteiger partial charge in [-0.25, -0.2) is 0 Å². The Bertz CT molecular complexity index is 464. The summed E-state index contributed by atoms with van der Waals surface area (Å²) in [4.78, 5) is 0. The summed E-state index contributed by atoms with van der Waals surface area (Å²) in [6.45, 7) is 8.37. The molecule has 1 aromatic carbocycles. The van der Waals surface area contributed by atoms with Crippen LogP contribution in [-0.4, -0.2) is 12.6 Å². The lowest BCUT2D eigenvalue weighted by Gasteiger charge is -2.57. The van der Waals surface area contributed by atoms with E-state index in [0.717, 1.165) is 18.7 Å². The lowest BCUT2D eigenvalue weighted by atomic mass is 9.51. The van der Waals surface area contributed by atoms with Crippen molar-refractivity contribution in [1.82, 2.24) is 5.32 Å². The van der Waals surface area contributed by atoms with Crippen molar-refractivity contribution in [3.05, 3.63) is 29.3 Å². The predicted molar refractivity (Wildman–Crippen MR) is 72.1 cm³/mol. The van der Waals surface area contributed by atoms with Gasteiger partial charge in [0.05, 0.1) is 0 Å². The third kappa shape index (κ3) is 1.30. The quantitative estimate of drug-likeness (QED) is 0.672. The molecular weight excluding hydrogens is 208 g/mol. The van der Waals surface area contributed by atoms with Crippen molar-refractivity contribution >= 4 is 5.69 Å². The molecule has 1 heterocycles. The minimum Gasteiger partial charge on any atom is -0.399 e. The van der Waals surface area contributed by atoms with Gasteiger partial charge in [0.2, 0.25) is 0 Å². The van der Waals surface area contributed by atoms with Crippen LogP contribution in [0.15, 0.2) is 18.2 Å². The lowest BCUT2D eigenvalue weighted by Crippen LogP contribution is -2.62. The maximum atomic E-state index is 5.92. The number of anilines is 1. The van der Waals surface area contributed by atoms with Crippen molar-refractivity contribution in [2.75, 3.05) is 12.3 Å². The van der Waals surface area contributed by atoms with Gasteiger partial charge in [-0.05, 0) is 48.1 Å². The summed E-state index contributed by atoms with van der Waals surface area (Å²) in [7, 11) is 0. The molecule has 2 atom stereocenters.